The van der Waals surface area contributed by atoms with Crippen LogP contribution in [-0.4, -0.2) is 97.6 Å². The van der Waals surface area contributed by atoms with Gasteiger partial charge in [-0.05, 0) is 71.1 Å². The van der Waals surface area contributed by atoms with Crippen molar-refractivity contribution in [1.82, 2.24) is 44.5 Å². The molecule has 0 radical (unpaired) electrons. The lowest BCUT2D eigenvalue weighted by atomic mass is 9.97. The quantitative estimate of drug-likeness (QED) is 0.117. The Morgan fingerprint density at radius 2 is 1.55 bits per heavy atom. The van der Waals surface area contributed by atoms with Gasteiger partial charge >= 0.3 is 0 Å². The topological polar surface area (TPSA) is 130 Å². The van der Waals surface area contributed by atoms with Crippen molar-refractivity contribution in [3.05, 3.63) is 126 Å². The number of aromatic amines is 2. The molecule has 2 N–H and O–H groups in total. The highest BCUT2D eigenvalue weighted by molar-refractivity contribution is 5.84. The van der Waals surface area contributed by atoms with Gasteiger partial charge in [-0.3, -0.25) is 19.4 Å². The minimum absolute atomic E-state index is 0.0225. The molecule has 1 saturated heterocycles. The first kappa shape index (κ1) is 38.4. The number of carbonyl (C=O) groups is 2. The van der Waals surface area contributed by atoms with Crippen LogP contribution in [0.5, 0.6) is 0 Å². The first-order valence-electron chi connectivity index (χ1n) is 19.4. The number of aromatic nitrogens is 5. The Morgan fingerprint density at radius 1 is 0.857 bits per heavy atom. The molecule has 56 heavy (non-hydrogen) atoms. The van der Waals surface area contributed by atoms with Gasteiger partial charge in [0.15, 0.2) is 5.76 Å². The van der Waals surface area contributed by atoms with Crippen molar-refractivity contribution in [2.45, 2.75) is 57.3 Å². The van der Waals surface area contributed by atoms with Crippen LogP contribution in [0.4, 0.5) is 0 Å². The Morgan fingerprint density at radius 3 is 2.25 bits per heavy atom. The monoisotopic (exact) mass is 753 g/mol. The van der Waals surface area contributed by atoms with Crippen LogP contribution in [0.1, 0.15) is 73.5 Å². The SMILES string of the molecule is CCCN(Cc1nc(-c2ncc(-c3cccc(-c4cnc([C@@H]5CCCCN5C(=O)[C@@H](c5ccccc5)N(C)C)[nH]4)c3)o2)c[nH]1)C(=O)[C@@H](c1ccccc1)N(C)C. The number of amides is 2. The van der Waals surface area contributed by atoms with Crippen molar-refractivity contribution >= 4 is 11.8 Å². The average molecular weight is 754 g/mol. The third kappa shape index (κ3) is 8.36. The van der Waals surface area contributed by atoms with Crippen molar-refractivity contribution in [2.75, 3.05) is 41.3 Å². The van der Waals surface area contributed by atoms with Crippen LogP contribution < -0.4 is 0 Å². The number of likely N-dealkylation sites (tertiary alicyclic amines) is 1. The summed E-state index contributed by atoms with van der Waals surface area (Å²) in [5, 5.41) is 0. The number of oxazole rings is 1. The minimum atomic E-state index is -0.400. The number of hydrogen-bond acceptors (Lipinski definition) is 8. The Kier molecular flexibility index (Phi) is 11.9. The van der Waals surface area contributed by atoms with Gasteiger partial charge in [0, 0.05) is 30.4 Å². The highest BCUT2D eigenvalue weighted by atomic mass is 16.4. The van der Waals surface area contributed by atoms with Gasteiger partial charge in [-0.1, -0.05) is 85.8 Å². The second-order valence-corrected chi connectivity index (χ2v) is 14.9. The summed E-state index contributed by atoms with van der Waals surface area (Å²) in [6, 6.07) is 26.9. The Hall–Kier alpha value is -5.85. The molecule has 4 heterocycles. The van der Waals surface area contributed by atoms with Crippen LogP contribution in [0.2, 0.25) is 0 Å². The van der Waals surface area contributed by atoms with Crippen LogP contribution >= 0.6 is 0 Å². The molecular formula is C44H51N9O3. The van der Waals surface area contributed by atoms with E-state index in [1.165, 1.54) is 0 Å². The van der Waals surface area contributed by atoms with Crippen molar-refractivity contribution < 1.29 is 14.0 Å². The predicted molar refractivity (Wildman–Crippen MR) is 217 cm³/mol. The molecule has 7 rings (SSSR count). The van der Waals surface area contributed by atoms with E-state index >= 15 is 0 Å². The van der Waals surface area contributed by atoms with Gasteiger partial charge in [0.25, 0.3) is 0 Å². The summed E-state index contributed by atoms with van der Waals surface area (Å²) in [5.74, 6) is 2.54. The number of nitrogens with zero attached hydrogens (tertiary/aromatic N) is 7. The van der Waals surface area contributed by atoms with Crippen molar-refractivity contribution in [3.8, 4) is 34.2 Å². The molecule has 6 aromatic rings. The van der Waals surface area contributed by atoms with Crippen LogP contribution in [0.25, 0.3) is 34.2 Å². The molecule has 3 aromatic heterocycles. The second-order valence-electron chi connectivity index (χ2n) is 14.9. The highest BCUT2D eigenvalue weighted by Crippen LogP contribution is 2.35. The molecule has 1 fully saturated rings. The van der Waals surface area contributed by atoms with Gasteiger partial charge in [-0.2, -0.15) is 0 Å². The van der Waals surface area contributed by atoms with Gasteiger partial charge < -0.3 is 24.2 Å². The van der Waals surface area contributed by atoms with E-state index in [9.17, 15) is 9.59 Å². The zero-order valence-corrected chi connectivity index (χ0v) is 32.9. The molecule has 0 aliphatic carbocycles. The third-order valence-electron chi connectivity index (χ3n) is 10.4. The van der Waals surface area contributed by atoms with E-state index < -0.39 is 6.04 Å². The summed E-state index contributed by atoms with van der Waals surface area (Å²) in [6.45, 7) is 3.70. The number of benzene rings is 3. The Labute approximate surface area is 328 Å². The normalized spacial score (nSPS) is 15.6. The molecule has 2 amide bonds. The first-order chi connectivity index (χ1) is 27.2. The molecular weight excluding hydrogens is 703 g/mol. The van der Waals surface area contributed by atoms with Crippen LogP contribution in [0.15, 0.2) is 108 Å². The molecule has 1 aliphatic heterocycles. The Balaban J connectivity index is 1.06. The smallest absolute Gasteiger partial charge is 0.247 e. The van der Waals surface area contributed by atoms with E-state index in [2.05, 4.69) is 21.9 Å². The Bertz CT molecular complexity index is 2210. The van der Waals surface area contributed by atoms with E-state index in [0.717, 1.165) is 59.5 Å². The molecule has 3 aromatic carbocycles. The van der Waals surface area contributed by atoms with E-state index in [4.69, 9.17) is 14.4 Å². The average Bonchev–Trinajstić information content (AvgIpc) is 4.01. The first-order valence-corrected chi connectivity index (χ1v) is 19.4. The van der Waals surface area contributed by atoms with E-state index in [-0.39, 0.29) is 23.9 Å². The lowest BCUT2D eigenvalue weighted by Gasteiger charge is -2.38. The fraction of sp³-hybridized carbons (Fsp3) is 0.341. The number of H-pyrrole nitrogens is 2. The lowest BCUT2D eigenvalue weighted by Crippen LogP contribution is -2.45. The van der Waals surface area contributed by atoms with Crippen LogP contribution in [0.3, 0.4) is 0 Å². The maximum Gasteiger partial charge on any atom is 0.247 e. The van der Waals surface area contributed by atoms with Crippen LogP contribution in [0, 0.1) is 0 Å². The summed E-state index contributed by atoms with van der Waals surface area (Å²) in [5.41, 5.74) is 5.15. The zero-order valence-electron chi connectivity index (χ0n) is 32.9. The maximum atomic E-state index is 14.1. The highest BCUT2D eigenvalue weighted by Gasteiger charge is 2.36. The number of hydrogen-bond donors (Lipinski definition) is 2. The number of imidazole rings is 2. The standard InChI is InChI=1S/C44H51N9O3/c1-6-23-52(43(54)39(50(2)3)30-16-9-7-10-17-30)29-38-45-27-35(48-38)42-47-28-37(56-42)33-21-15-20-32(25-33)34-26-46-41(49-34)36-22-13-14-24-53(36)44(55)40(51(4)5)31-18-11-8-12-19-31/h7-12,15-21,25-28,36,39-40H,6,13-14,22-24,29H2,1-5H3,(H,45,48)(H,46,49)/t36-,39+,40+/m0/s1. The molecule has 290 valence electrons. The number of carbonyl (C=O) groups excluding carboxylic acids is 2. The lowest BCUT2D eigenvalue weighted by molar-refractivity contribution is -0.140. The third-order valence-corrected chi connectivity index (χ3v) is 10.4. The van der Waals surface area contributed by atoms with Crippen molar-refractivity contribution in [2.24, 2.45) is 0 Å². The molecule has 0 bridgehead atoms. The van der Waals surface area contributed by atoms with Gasteiger partial charge in [0.2, 0.25) is 17.7 Å². The minimum Gasteiger partial charge on any atom is -0.435 e. The number of nitrogens with one attached hydrogen (secondary N) is 2. The molecule has 0 saturated carbocycles. The van der Waals surface area contributed by atoms with E-state index in [1.807, 2.05) is 139 Å². The maximum absolute atomic E-state index is 14.1. The molecule has 12 heteroatoms. The summed E-state index contributed by atoms with van der Waals surface area (Å²) in [6.07, 6.45) is 8.98. The van der Waals surface area contributed by atoms with Crippen LogP contribution in [-0.2, 0) is 16.1 Å². The molecule has 12 nitrogen and oxygen atoms in total. The van der Waals surface area contributed by atoms with Gasteiger partial charge in [0.1, 0.15) is 29.4 Å². The fourth-order valence-corrected chi connectivity index (χ4v) is 7.69. The second kappa shape index (κ2) is 17.3. The summed E-state index contributed by atoms with van der Waals surface area (Å²) < 4.78 is 6.25. The molecule has 0 unspecified atom stereocenters. The van der Waals surface area contributed by atoms with Gasteiger partial charge in [-0.15, -0.1) is 0 Å². The van der Waals surface area contributed by atoms with Gasteiger partial charge in [-0.25, -0.2) is 15.0 Å². The molecule has 1 aliphatic rings. The number of piperidine rings is 1. The summed E-state index contributed by atoms with van der Waals surface area (Å²) >= 11 is 0. The molecule has 3 atom stereocenters. The molecule has 0 spiro atoms. The summed E-state index contributed by atoms with van der Waals surface area (Å²) in [4.78, 5) is 56.7. The van der Waals surface area contributed by atoms with Gasteiger partial charge in [0.05, 0.1) is 30.7 Å². The number of likely N-dealkylation sites (N-methyl/N-ethyl adjacent to an activating group) is 2. The van der Waals surface area contributed by atoms with E-state index in [0.29, 0.717) is 42.8 Å². The van der Waals surface area contributed by atoms with E-state index in [1.54, 1.807) is 12.4 Å². The number of rotatable bonds is 14. The fourth-order valence-electron chi connectivity index (χ4n) is 7.69. The van der Waals surface area contributed by atoms with Crippen molar-refractivity contribution in [3.63, 3.8) is 0 Å². The largest absolute Gasteiger partial charge is 0.435 e. The van der Waals surface area contributed by atoms with Crippen molar-refractivity contribution in [1.29, 1.82) is 0 Å². The summed E-state index contributed by atoms with van der Waals surface area (Å²) in [7, 11) is 7.76. The zero-order chi connectivity index (χ0) is 39.2. The predicted octanol–water partition coefficient (Wildman–Crippen LogP) is 7.52.